The van der Waals surface area contributed by atoms with Crippen molar-refractivity contribution >= 4 is 76.7 Å². The maximum Gasteiger partial charge on any atom is 2.00 e. The van der Waals surface area contributed by atoms with E-state index >= 15 is 0 Å². The van der Waals surface area contributed by atoms with Gasteiger partial charge in [0.1, 0.15) is 0 Å². The molecule has 52 heavy (non-hydrogen) atoms. The number of hydrogen-bond acceptors (Lipinski definition) is 3. The van der Waals surface area contributed by atoms with Gasteiger partial charge in [0, 0.05) is 22.5 Å². The Labute approximate surface area is 315 Å². The zero-order valence-electron chi connectivity index (χ0n) is 29.9. The van der Waals surface area contributed by atoms with Gasteiger partial charge in [0.05, 0.1) is 33.4 Å². The molecular formula is C46H36N4OPd. The number of hydrogen-bond donors (Lipinski definition) is 0. The van der Waals surface area contributed by atoms with Crippen molar-refractivity contribution in [3.8, 4) is 11.5 Å². The van der Waals surface area contributed by atoms with Gasteiger partial charge >= 0.3 is 20.4 Å². The predicted octanol–water partition coefficient (Wildman–Crippen LogP) is 11.9. The summed E-state index contributed by atoms with van der Waals surface area (Å²) in [5.74, 6) is 1.22. The summed E-state index contributed by atoms with van der Waals surface area (Å²) < 4.78 is 11.3. The number of para-hydroxylation sites is 6. The number of rotatable bonds is 2. The Hall–Kier alpha value is -5.28. The van der Waals surface area contributed by atoms with Gasteiger partial charge in [-0.2, -0.15) is 0 Å². The molecule has 0 radical (unpaired) electrons. The Morgan fingerprint density at radius 3 is 1.33 bits per heavy atom. The first kappa shape index (κ1) is 32.6. The summed E-state index contributed by atoms with van der Waals surface area (Å²) in [5, 5.41) is 6.38. The Kier molecular flexibility index (Phi) is 7.13. The van der Waals surface area contributed by atoms with Crippen LogP contribution in [0.2, 0.25) is 0 Å². The number of fused-ring (bicyclic) bond motifs is 16. The van der Waals surface area contributed by atoms with Crippen LogP contribution in [0.1, 0.15) is 52.7 Å². The second-order valence-corrected chi connectivity index (χ2v) is 15.7. The van der Waals surface area contributed by atoms with Gasteiger partial charge in [-0.15, -0.1) is 12.1 Å². The summed E-state index contributed by atoms with van der Waals surface area (Å²) in [6.07, 6.45) is 0. The number of pyridine rings is 2. The molecule has 0 fully saturated rings. The van der Waals surface area contributed by atoms with E-state index in [1.807, 2.05) is 24.3 Å². The number of aromatic nitrogens is 4. The first-order chi connectivity index (χ1) is 24.6. The zero-order valence-corrected chi connectivity index (χ0v) is 31.5. The largest absolute Gasteiger partial charge is 2.00 e. The molecule has 10 rings (SSSR count). The van der Waals surface area contributed by atoms with Crippen molar-refractivity contribution in [1.29, 1.82) is 0 Å². The van der Waals surface area contributed by atoms with Crippen LogP contribution in [-0.2, 0) is 31.3 Å². The minimum atomic E-state index is -0.0596. The molecule has 0 saturated heterocycles. The molecule has 0 atom stereocenters. The summed E-state index contributed by atoms with van der Waals surface area (Å²) in [6.45, 7) is 13.6. The van der Waals surface area contributed by atoms with Crippen molar-refractivity contribution in [3.63, 3.8) is 0 Å². The van der Waals surface area contributed by atoms with Crippen LogP contribution in [0.15, 0.2) is 109 Å². The monoisotopic (exact) mass is 766 g/mol. The number of imidazole rings is 2. The average molecular weight is 767 g/mol. The van der Waals surface area contributed by atoms with Gasteiger partial charge in [-0.05, 0) is 57.0 Å². The molecule has 0 aliphatic heterocycles. The quantitative estimate of drug-likeness (QED) is 0.1000. The van der Waals surface area contributed by atoms with Crippen LogP contribution in [0.3, 0.4) is 0 Å². The summed E-state index contributed by atoms with van der Waals surface area (Å²) in [7, 11) is 0. The third kappa shape index (κ3) is 4.71. The van der Waals surface area contributed by atoms with E-state index in [-0.39, 0.29) is 31.3 Å². The average Bonchev–Trinajstić information content (AvgIpc) is 3.70. The van der Waals surface area contributed by atoms with Gasteiger partial charge in [-0.25, -0.2) is 0 Å². The minimum absolute atomic E-state index is 0. The van der Waals surface area contributed by atoms with E-state index in [1.54, 1.807) is 0 Å². The van der Waals surface area contributed by atoms with Crippen LogP contribution in [0.25, 0.3) is 76.7 Å². The van der Waals surface area contributed by atoms with Gasteiger partial charge in [0.25, 0.3) is 0 Å². The molecule has 0 saturated carbocycles. The Balaban J connectivity index is 0.00000360. The molecule has 0 unspecified atom stereocenters. The van der Waals surface area contributed by atoms with E-state index in [4.69, 9.17) is 14.7 Å². The van der Waals surface area contributed by atoms with E-state index in [9.17, 15) is 0 Å². The van der Waals surface area contributed by atoms with Crippen LogP contribution in [-0.4, -0.2) is 18.8 Å². The fraction of sp³-hybridized carbons (Fsp3) is 0.174. The molecule has 5 nitrogen and oxygen atoms in total. The summed E-state index contributed by atoms with van der Waals surface area (Å²) in [5.41, 5.74) is 10.6. The second-order valence-electron chi connectivity index (χ2n) is 15.7. The number of ether oxygens (including phenoxy) is 1. The van der Waals surface area contributed by atoms with Gasteiger partial charge in [-0.3, -0.25) is 9.97 Å². The maximum absolute atomic E-state index is 6.64. The van der Waals surface area contributed by atoms with E-state index < -0.39 is 0 Å². The normalized spacial score (nSPS) is 12.7. The SMILES string of the molecule is CC(C)(C)c1cccc2c3ccc(Oc4[c-]c5c(cc4)c4cccc(C(C)(C)C)c4n4c6ccccc6nc54)[c-]c3c3nc4ccccc4n3c12.[Pd+2]. The molecule has 0 aliphatic rings. The van der Waals surface area contributed by atoms with E-state index in [0.717, 1.165) is 54.9 Å². The van der Waals surface area contributed by atoms with Crippen molar-refractivity contribution in [3.05, 3.63) is 132 Å². The van der Waals surface area contributed by atoms with Crippen molar-refractivity contribution in [2.24, 2.45) is 0 Å². The molecule has 4 heterocycles. The fourth-order valence-electron chi connectivity index (χ4n) is 8.04. The maximum atomic E-state index is 6.64. The standard InChI is InChI=1S/C46H36N4O.Pd/c1-45(2,3)35-15-11-13-31-29-23-21-27(25-33(29)43-47-37-17-7-9-19-39(37)49(43)41(31)35)51-28-22-24-30-32-14-12-16-36(46(4,5)6)42(32)50-40-20-10-8-18-38(40)48-44(50)34(30)26-28;/h7-24H,1-6H3;/q-2;+2. The molecule has 0 aliphatic carbocycles. The van der Waals surface area contributed by atoms with Gasteiger partial charge in [0.2, 0.25) is 0 Å². The van der Waals surface area contributed by atoms with Gasteiger partial charge < -0.3 is 13.5 Å². The molecule has 0 amide bonds. The van der Waals surface area contributed by atoms with Crippen molar-refractivity contribution in [2.45, 2.75) is 52.4 Å². The molecule has 4 aromatic heterocycles. The smallest absolute Gasteiger partial charge is 0.497 e. The fourth-order valence-corrected chi connectivity index (χ4v) is 8.04. The van der Waals surface area contributed by atoms with E-state index in [1.165, 1.54) is 32.9 Å². The number of nitrogens with zero attached hydrogens (tertiary/aromatic N) is 4. The molecule has 6 aromatic carbocycles. The first-order valence-corrected chi connectivity index (χ1v) is 17.6. The van der Waals surface area contributed by atoms with E-state index in [0.29, 0.717) is 11.5 Å². The first-order valence-electron chi connectivity index (χ1n) is 17.6. The van der Waals surface area contributed by atoms with Crippen LogP contribution in [0.5, 0.6) is 11.5 Å². The number of benzene rings is 6. The predicted molar refractivity (Wildman–Crippen MR) is 211 cm³/mol. The van der Waals surface area contributed by atoms with Crippen LogP contribution in [0, 0.1) is 12.1 Å². The summed E-state index contributed by atoms with van der Waals surface area (Å²) >= 11 is 0. The third-order valence-electron chi connectivity index (χ3n) is 10.3. The molecule has 0 spiro atoms. The molecule has 256 valence electrons. The summed E-state index contributed by atoms with van der Waals surface area (Å²) in [4.78, 5) is 10.3. The molecule has 0 N–H and O–H groups in total. The van der Waals surface area contributed by atoms with Gasteiger partial charge in [-0.1, -0.05) is 148 Å². The van der Waals surface area contributed by atoms with Crippen molar-refractivity contribution < 1.29 is 25.2 Å². The molecule has 6 heteroatoms. The van der Waals surface area contributed by atoms with Crippen LogP contribution in [0.4, 0.5) is 0 Å². The molecule has 10 aromatic rings. The zero-order chi connectivity index (χ0) is 34.8. The Bertz CT molecular complexity index is 2880. The minimum Gasteiger partial charge on any atom is -0.497 e. The van der Waals surface area contributed by atoms with Crippen LogP contribution < -0.4 is 4.74 Å². The molecule has 0 bridgehead atoms. The van der Waals surface area contributed by atoms with E-state index in [2.05, 4.69) is 147 Å². The van der Waals surface area contributed by atoms with Crippen molar-refractivity contribution in [1.82, 2.24) is 18.8 Å². The Morgan fingerprint density at radius 2 is 0.904 bits per heavy atom. The van der Waals surface area contributed by atoms with Crippen LogP contribution >= 0.6 is 0 Å². The topological polar surface area (TPSA) is 43.8 Å². The van der Waals surface area contributed by atoms with Gasteiger partial charge in [0.15, 0.2) is 0 Å². The molecular weight excluding hydrogens is 731 g/mol. The third-order valence-corrected chi connectivity index (χ3v) is 10.3. The second kappa shape index (κ2) is 11.4. The summed E-state index contributed by atoms with van der Waals surface area (Å²) in [6, 6.07) is 45.6. The van der Waals surface area contributed by atoms with Crippen molar-refractivity contribution in [2.75, 3.05) is 0 Å². The Morgan fingerprint density at radius 1 is 0.481 bits per heavy atom.